The lowest BCUT2D eigenvalue weighted by molar-refractivity contribution is -0.147. The van der Waals surface area contributed by atoms with E-state index in [4.69, 9.17) is 18.9 Å². The summed E-state index contributed by atoms with van der Waals surface area (Å²) in [6.07, 6.45) is 0. The molecule has 2 amide bonds. The summed E-state index contributed by atoms with van der Waals surface area (Å²) in [6.45, 7) is -0.545. The Hall–Kier alpha value is -3.75. The fourth-order valence-electron chi connectivity index (χ4n) is 2.39. The Morgan fingerprint density at radius 3 is 1.97 bits per heavy atom. The maximum absolute atomic E-state index is 12.2. The van der Waals surface area contributed by atoms with Crippen LogP contribution in [0.2, 0.25) is 0 Å². The van der Waals surface area contributed by atoms with Crippen LogP contribution in [0.5, 0.6) is 17.2 Å². The van der Waals surface area contributed by atoms with Crippen molar-refractivity contribution in [2.45, 2.75) is 6.54 Å². The maximum Gasteiger partial charge on any atom is 0.325 e. The highest BCUT2D eigenvalue weighted by atomic mass is 16.5. The van der Waals surface area contributed by atoms with Crippen molar-refractivity contribution in [2.24, 2.45) is 0 Å². The van der Waals surface area contributed by atoms with Crippen molar-refractivity contribution in [1.29, 1.82) is 0 Å². The van der Waals surface area contributed by atoms with E-state index in [2.05, 4.69) is 10.6 Å². The third-order valence-corrected chi connectivity index (χ3v) is 4.02. The summed E-state index contributed by atoms with van der Waals surface area (Å²) in [5.74, 6) is -0.103. The molecule has 0 unspecified atom stereocenters. The number of carbonyl (C=O) groups excluding carboxylic acids is 3. The number of esters is 1. The highest BCUT2D eigenvalue weighted by Gasteiger charge is 2.13. The first-order valence-electron chi connectivity index (χ1n) is 9.01. The lowest BCUT2D eigenvalue weighted by atomic mass is 10.2. The Kier molecular flexibility index (Phi) is 8.49. The van der Waals surface area contributed by atoms with Crippen LogP contribution in [0.25, 0.3) is 0 Å². The van der Waals surface area contributed by atoms with E-state index in [0.717, 1.165) is 5.56 Å². The molecule has 9 nitrogen and oxygen atoms in total. The fourth-order valence-corrected chi connectivity index (χ4v) is 2.39. The highest BCUT2D eigenvalue weighted by molar-refractivity contribution is 5.96. The zero-order chi connectivity index (χ0) is 21.9. The van der Waals surface area contributed by atoms with Crippen LogP contribution in [0.3, 0.4) is 0 Å². The van der Waals surface area contributed by atoms with Gasteiger partial charge >= 0.3 is 5.97 Å². The number of hydrogen-bond donors (Lipinski definition) is 2. The van der Waals surface area contributed by atoms with E-state index in [9.17, 15) is 14.4 Å². The molecule has 2 N–H and O–H groups in total. The Morgan fingerprint density at radius 2 is 1.40 bits per heavy atom. The summed E-state index contributed by atoms with van der Waals surface area (Å²) in [7, 11) is 4.50. The van der Waals surface area contributed by atoms with Gasteiger partial charge in [0.2, 0.25) is 0 Å². The quantitative estimate of drug-likeness (QED) is 0.562. The van der Waals surface area contributed by atoms with Crippen molar-refractivity contribution in [3.63, 3.8) is 0 Å². The number of nitrogens with one attached hydrogen (secondary N) is 2. The Balaban J connectivity index is 1.73. The van der Waals surface area contributed by atoms with Gasteiger partial charge in [-0.15, -0.1) is 0 Å². The van der Waals surface area contributed by atoms with Crippen LogP contribution < -0.4 is 24.8 Å². The Labute approximate surface area is 174 Å². The summed E-state index contributed by atoms with van der Waals surface area (Å²) in [4.78, 5) is 35.8. The first-order valence-corrected chi connectivity index (χ1v) is 9.01. The molecule has 30 heavy (non-hydrogen) atoms. The second-order valence-corrected chi connectivity index (χ2v) is 6.07. The number of amides is 2. The van der Waals surface area contributed by atoms with E-state index in [-0.39, 0.29) is 18.7 Å². The number of benzene rings is 2. The molecule has 0 saturated carbocycles. The molecule has 0 atom stereocenters. The molecule has 0 saturated heterocycles. The molecule has 160 valence electrons. The summed E-state index contributed by atoms with van der Waals surface area (Å²) in [5.41, 5.74) is 1.13. The number of ether oxygens (including phenoxy) is 4. The van der Waals surface area contributed by atoms with Crippen LogP contribution in [-0.4, -0.2) is 52.3 Å². The smallest absolute Gasteiger partial charge is 0.325 e. The summed E-state index contributed by atoms with van der Waals surface area (Å²) in [6, 6.07) is 11.8. The standard InChI is InChI=1S/C21H24N2O7/c1-27-16-6-4-14(5-7-16)11-22-19(24)13-30-20(25)12-23-21(26)15-8-17(28-2)10-18(9-15)29-3/h4-10H,11-13H2,1-3H3,(H,22,24)(H,23,26). The van der Waals surface area contributed by atoms with E-state index in [1.807, 2.05) is 12.1 Å². The van der Waals surface area contributed by atoms with E-state index in [1.54, 1.807) is 25.3 Å². The van der Waals surface area contributed by atoms with Gasteiger partial charge < -0.3 is 29.6 Å². The molecule has 0 fully saturated rings. The molecule has 0 bridgehead atoms. The molecule has 0 aliphatic heterocycles. The zero-order valence-corrected chi connectivity index (χ0v) is 17.0. The third-order valence-electron chi connectivity index (χ3n) is 4.02. The summed E-state index contributed by atoms with van der Waals surface area (Å²) >= 11 is 0. The molecule has 0 aliphatic carbocycles. The minimum atomic E-state index is -0.738. The molecule has 2 aromatic rings. The minimum Gasteiger partial charge on any atom is -0.497 e. The van der Waals surface area contributed by atoms with Crippen LogP contribution in [-0.2, 0) is 20.9 Å². The van der Waals surface area contributed by atoms with Gasteiger partial charge in [0.15, 0.2) is 6.61 Å². The topological polar surface area (TPSA) is 112 Å². The monoisotopic (exact) mass is 416 g/mol. The van der Waals surface area contributed by atoms with Crippen molar-refractivity contribution in [3.05, 3.63) is 53.6 Å². The zero-order valence-electron chi connectivity index (χ0n) is 17.0. The Morgan fingerprint density at radius 1 is 0.800 bits per heavy atom. The number of hydrogen-bond acceptors (Lipinski definition) is 7. The van der Waals surface area contributed by atoms with Crippen LogP contribution in [0.1, 0.15) is 15.9 Å². The normalized spacial score (nSPS) is 9.97. The minimum absolute atomic E-state index is 0.260. The average molecular weight is 416 g/mol. The predicted octanol–water partition coefficient (Wildman–Crippen LogP) is 1.30. The molecule has 0 heterocycles. The summed E-state index contributed by atoms with van der Waals surface area (Å²) in [5, 5.41) is 5.06. The van der Waals surface area contributed by atoms with Gasteiger partial charge in [-0.05, 0) is 29.8 Å². The second-order valence-electron chi connectivity index (χ2n) is 6.07. The number of methoxy groups -OCH3 is 3. The van der Waals surface area contributed by atoms with Crippen molar-refractivity contribution >= 4 is 17.8 Å². The molecule has 2 aromatic carbocycles. The molecule has 0 spiro atoms. The van der Waals surface area contributed by atoms with Crippen LogP contribution in [0.15, 0.2) is 42.5 Å². The van der Waals surface area contributed by atoms with E-state index >= 15 is 0 Å². The Bertz CT molecular complexity index is 859. The molecular formula is C21H24N2O7. The van der Waals surface area contributed by atoms with Gasteiger partial charge in [0, 0.05) is 18.2 Å². The maximum atomic E-state index is 12.2. The number of rotatable bonds is 10. The van der Waals surface area contributed by atoms with Gasteiger partial charge in [-0.25, -0.2) is 0 Å². The van der Waals surface area contributed by atoms with Crippen LogP contribution >= 0.6 is 0 Å². The molecule has 0 aliphatic rings. The van der Waals surface area contributed by atoms with Crippen molar-refractivity contribution < 1.29 is 33.3 Å². The molecule has 0 radical (unpaired) electrons. The highest BCUT2D eigenvalue weighted by Crippen LogP contribution is 2.22. The van der Waals surface area contributed by atoms with Crippen molar-refractivity contribution in [2.75, 3.05) is 34.5 Å². The van der Waals surface area contributed by atoms with E-state index in [0.29, 0.717) is 17.2 Å². The van der Waals surface area contributed by atoms with Crippen molar-refractivity contribution in [1.82, 2.24) is 10.6 Å². The van der Waals surface area contributed by atoms with Gasteiger partial charge in [-0.2, -0.15) is 0 Å². The van der Waals surface area contributed by atoms with Crippen molar-refractivity contribution in [3.8, 4) is 17.2 Å². The second kappa shape index (κ2) is 11.3. The lowest BCUT2D eigenvalue weighted by Crippen LogP contribution is -2.33. The molecule has 0 aromatic heterocycles. The van der Waals surface area contributed by atoms with Gasteiger partial charge in [0.05, 0.1) is 21.3 Å². The van der Waals surface area contributed by atoms with Gasteiger partial charge in [0.1, 0.15) is 23.8 Å². The fraction of sp³-hybridized carbons (Fsp3) is 0.286. The van der Waals surface area contributed by atoms with Crippen LogP contribution in [0, 0.1) is 0 Å². The predicted molar refractivity (Wildman–Crippen MR) is 108 cm³/mol. The number of carbonyl (C=O) groups is 3. The van der Waals surface area contributed by atoms with Gasteiger partial charge in [-0.1, -0.05) is 12.1 Å². The summed E-state index contributed by atoms with van der Waals surface area (Å²) < 4.78 is 20.1. The van der Waals surface area contributed by atoms with E-state index in [1.165, 1.54) is 26.4 Å². The van der Waals surface area contributed by atoms with Gasteiger partial charge in [0.25, 0.3) is 11.8 Å². The lowest BCUT2D eigenvalue weighted by Gasteiger charge is -2.10. The van der Waals surface area contributed by atoms with Crippen LogP contribution in [0.4, 0.5) is 0 Å². The largest absolute Gasteiger partial charge is 0.497 e. The average Bonchev–Trinajstić information content (AvgIpc) is 2.79. The first-order chi connectivity index (χ1) is 14.4. The third kappa shape index (κ3) is 7.01. The SMILES string of the molecule is COc1ccc(CNC(=O)COC(=O)CNC(=O)c2cc(OC)cc(OC)c2)cc1. The molecular weight excluding hydrogens is 392 g/mol. The van der Waals surface area contributed by atoms with Gasteiger partial charge in [-0.3, -0.25) is 14.4 Å². The molecule has 2 rings (SSSR count). The first kappa shape index (κ1) is 22.5. The van der Waals surface area contributed by atoms with E-state index < -0.39 is 24.4 Å². The molecule has 9 heteroatoms.